The summed E-state index contributed by atoms with van der Waals surface area (Å²) >= 11 is 0. The van der Waals surface area contributed by atoms with E-state index in [1.165, 1.54) is 12.4 Å². The van der Waals surface area contributed by atoms with Gasteiger partial charge >= 0.3 is 0 Å². The first-order valence-electron chi connectivity index (χ1n) is 9.51. The number of aromatic nitrogens is 4. The number of nitrogens with zero attached hydrogens (tertiary/aromatic N) is 4. The van der Waals surface area contributed by atoms with Crippen molar-refractivity contribution in [2.24, 2.45) is 0 Å². The van der Waals surface area contributed by atoms with Gasteiger partial charge in [-0.15, -0.1) is 0 Å². The van der Waals surface area contributed by atoms with Crippen molar-refractivity contribution < 1.29 is 9.53 Å². The Bertz CT molecular complexity index is 952. The first-order valence-corrected chi connectivity index (χ1v) is 9.51. The van der Waals surface area contributed by atoms with Crippen LogP contribution in [0.4, 0.5) is 11.5 Å². The van der Waals surface area contributed by atoms with E-state index in [4.69, 9.17) is 10.5 Å². The van der Waals surface area contributed by atoms with Gasteiger partial charge in [0.15, 0.2) is 11.5 Å². The van der Waals surface area contributed by atoms with Gasteiger partial charge in [0.1, 0.15) is 6.04 Å². The second-order valence-electron chi connectivity index (χ2n) is 6.78. The van der Waals surface area contributed by atoms with Crippen molar-refractivity contribution in [2.45, 2.75) is 18.6 Å². The van der Waals surface area contributed by atoms with E-state index in [1.807, 2.05) is 22.9 Å². The van der Waals surface area contributed by atoms with Crippen molar-refractivity contribution in [1.82, 2.24) is 25.1 Å². The summed E-state index contributed by atoms with van der Waals surface area (Å²) < 4.78 is 7.93. The molecule has 0 aliphatic carbocycles. The summed E-state index contributed by atoms with van der Waals surface area (Å²) in [4.78, 5) is 20.4. The first kappa shape index (κ1) is 19.0. The molecule has 9 nitrogen and oxygen atoms in total. The highest BCUT2D eigenvalue weighted by molar-refractivity contribution is 6.05. The topological polar surface area (TPSA) is 120 Å². The fourth-order valence-corrected chi connectivity index (χ4v) is 3.39. The molecule has 150 valence electrons. The highest BCUT2D eigenvalue weighted by Crippen LogP contribution is 2.26. The quantitative estimate of drug-likeness (QED) is 0.600. The summed E-state index contributed by atoms with van der Waals surface area (Å²) in [7, 11) is 0. The summed E-state index contributed by atoms with van der Waals surface area (Å²) in [5.41, 5.74) is 7.45. The Labute approximate surface area is 168 Å². The van der Waals surface area contributed by atoms with Crippen molar-refractivity contribution in [3.05, 3.63) is 66.4 Å². The Morgan fingerprint density at radius 1 is 1.28 bits per heavy atom. The predicted octanol–water partition coefficient (Wildman–Crippen LogP) is 1.48. The molecular weight excluding hydrogens is 370 g/mol. The van der Waals surface area contributed by atoms with Crippen LogP contribution in [0.3, 0.4) is 0 Å². The molecule has 29 heavy (non-hydrogen) atoms. The minimum atomic E-state index is -0.432. The van der Waals surface area contributed by atoms with Crippen LogP contribution in [0, 0.1) is 0 Å². The van der Waals surface area contributed by atoms with Gasteiger partial charge in [-0.2, -0.15) is 5.10 Å². The highest BCUT2D eigenvalue weighted by atomic mass is 16.5. The van der Waals surface area contributed by atoms with E-state index in [0.29, 0.717) is 12.3 Å². The third-order valence-electron chi connectivity index (χ3n) is 4.75. The van der Waals surface area contributed by atoms with E-state index < -0.39 is 5.91 Å². The lowest BCUT2D eigenvalue weighted by atomic mass is 10.0. The molecule has 2 unspecified atom stereocenters. The molecule has 1 amide bonds. The molecule has 4 N–H and O–H groups in total. The number of hydrogen-bond donors (Lipinski definition) is 3. The summed E-state index contributed by atoms with van der Waals surface area (Å²) in [6, 6.07) is 9.95. The van der Waals surface area contributed by atoms with Gasteiger partial charge in [-0.05, 0) is 18.5 Å². The number of anilines is 2. The molecule has 1 aliphatic heterocycles. The lowest BCUT2D eigenvalue weighted by molar-refractivity contribution is 0.0369. The standard InChI is InChI=1S/C20H23N7O2/c21-19-17(23-8-9-24-19)20(28)26-15-11-25-27(13-15)18(14-5-2-1-3-6-14)16-12-22-7-4-10-29-16/h1-3,5-6,8-9,11,13,16,18,22H,4,7,10,12H2,(H2,21,24)(H,26,28). The zero-order valence-corrected chi connectivity index (χ0v) is 15.9. The van der Waals surface area contributed by atoms with Crippen molar-refractivity contribution in [1.29, 1.82) is 0 Å². The fourth-order valence-electron chi connectivity index (χ4n) is 3.39. The number of hydrogen-bond acceptors (Lipinski definition) is 7. The number of nitrogens with two attached hydrogens (primary N) is 1. The van der Waals surface area contributed by atoms with Crippen molar-refractivity contribution in [3.63, 3.8) is 0 Å². The zero-order valence-electron chi connectivity index (χ0n) is 15.9. The van der Waals surface area contributed by atoms with Gasteiger partial charge in [-0.25, -0.2) is 9.97 Å². The average Bonchev–Trinajstić information content (AvgIpc) is 3.02. The smallest absolute Gasteiger partial charge is 0.278 e. The van der Waals surface area contributed by atoms with Crippen LogP contribution < -0.4 is 16.4 Å². The van der Waals surface area contributed by atoms with Gasteiger partial charge in [0.25, 0.3) is 5.91 Å². The van der Waals surface area contributed by atoms with Crippen LogP contribution in [0.2, 0.25) is 0 Å². The largest absolute Gasteiger partial charge is 0.382 e. The predicted molar refractivity (Wildman–Crippen MR) is 108 cm³/mol. The molecule has 0 bridgehead atoms. The minimum Gasteiger partial charge on any atom is -0.382 e. The maximum absolute atomic E-state index is 12.5. The molecule has 4 rings (SSSR count). The maximum Gasteiger partial charge on any atom is 0.278 e. The zero-order chi connectivity index (χ0) is 20.1. The van der Waals surface area contributed by atoms with Crippen LogP contribution in [0.5, 0.6) is 0 Å². The molecule has 1 fully saturated rings. The van der Waals surface area contributed by atoms with Gasteiger partial charge < -0.3 is 21.1 Å². The van der Waals surface area contributed by atoms with Gasteiger partial charge in [0.2, 0.25) is 0 Å². The lowest BCUT2D eigenvalue weighted by Gasteiger charge is -2.27. The Balaban J connectivity index is 1.58. The minimum absolute atomic E-state index is 0.0798. The molecule has 2 aromatic heterocycles. The van der Waals surface area contributed by atoms with E-state index >= 15 is 0 Å². The van der Waals surface area contributed by atoms with Crippen LogP contribution >= 0.6 is 0 Å². The molecule has 1 saturated heterocycles. The maximum atomic E-state index is 12.5. The second-order valence-corrected chi connectivity index (χ2v) is 6.78. The molecule has 9 heteroatoms. The second kappa shape index (κ2) is 8.80. The normalized spacial score (nSPS) is 18.0. The van der Waals surface area contributed by atoms with Crippen molar-refractivity contribution in [2.75, 3.05) is 30.7 Å². The number of benzene rings is 1. The summed E-state index contributed by atoms with van der Waals surface area (Å²) in [5.74, 6) is -0.351. The average molecular weight is 393 g/mol. The Morgan fingerprint density at radius 3 is 2.93 bits per heavy atom. The van der Waals surface area contributed by atoms with E-state index in [9.17, 15) is 4.79 Å². The van der Waals surface area contributed by atoms with Crippen LogP contribution in [-0.2, 0) is 4.74 Å². The number of ether oxygens (including phenoxy) is 1. The molecule has 1 aromatic carbocycles. The number of nitrogen functional groups attached to an aromatic ring is 1. The van der Waals surface area contributed by atoms with Crippen molar-refractivity contribution >= 4 is 17.4 Å². The highest BCUT2D eigenvalue weighted by Gasteiger charge is 2.28. The monoisotopic (exact) mass is 393 g/mol. The third kappa shape index (κ3) is 4.41. The van der Waals surface area contributed by atoms with Gasteiger partial charge in [0.05, 0.1) is 18.0 Å². The third-order valence-corrected chi connectivity index (χ3v) is 4.75. The number of amides is 1. The number of rotatable bonds is 5. The Morgan fingerprint density at radius 2 is 2.10 bits per heavy atom. The van der Waals surface area contributed by atoms with Gasteiger partial charge in [0, 0.05) is 31.7 Å². The molecule has 1 aliphatic rings. The summed E-state index contributed by atoms with van der Waals surface area (Å²) in [5, 5.41) is 10.7. The Kier molecular flexibility index (Phi) is 5.78. The molecule has 0 saturated carbocycles. The Hall–Kier alpha value is -3.30. The summed E-state index contributed by atoms with van der Waals surface area (Å²) in [6.45, 7) is 2.34. The SMILES string of the molecule is Nc1nccnc1C(=O)Nc1cnn(C(c2ccccc2)C2CNCCCO2)c1. The van der Waals surface area contributed by atoms with Crippen LogP contribution in [0.15, 0.2) is 55.1 Å². The van der Waals surface area contributed by atoms with Gasteiger partial charge in [-0.1, -0.05) is 30.3 Å². The van der Waals surface area contributed by atoms with Crippen molar-refractivity contribution in [3.8, 4) is 0 Å². The van der Waals surface area contributed by atoms with E-state index in [-0.39, 0.29) is 23.7 Å². The summed E-state index contributed by atoms with van der Waals surface area (Å²) in [6.07, 6.45) is 7.14. The van der Waals surface area contributed by atoms with E-state index in [2.05, 4.69) is 37.8 Å². The number of carbonyl (C=O) groups is 1. The number of nitrogens with one attached hydrogen (secondary N) is 2. The molecule has 3 heterocycles. The molecule has 0 radical (unpaired) electrons. The molecule has 2 atom stereocenters. The first-order chi connectivity index (χ1) is 14.2. The molecule has 0 spiro atoms. The molecule has 3 aromatic rings. The molecular formula is C20H23N7O2. The lowest BCUT2D eigenvalue weighted by Crippen LogP contribution is -2.35. The van der Waals surface area contributed by atoms with E-state index in [1.54, 1.807) is 12.4 Å². The van der Waals surface area contributed by atoms with Crippen LogP contribution in [0.1, 0.15) is 28.5 Å². The van der Waals surface area contributed by atoms with Crippen LogP contribution in [0.25, 0.3) is 0 Å². The fraction of sp³-hybridized carbons (Fsp3) is 0.300. The van der Waals surface area contributed by atoms with E-state index in [0.717, 1.165) is 25.1 Å². The van der Waals surface area contributed by atoms with Gasteiger partial charge in [-0.3, -0.25) is 9.48 Å². The number of carbonyl (C=O) groups excluding carboxylic acids is 1. The van der Waals surface area contributed by atoms with Crippen LogP contribution in [-0.4, -0.2) is 51.5 Å².